The number of benzene rings is 2. The molecule has 1 heterocycles. The SMILES string of the molecule is Cc1c(Cc2ccccc2)c([ClH+])cc2c1OC(C(F)(F)F)C(C(=O)O)=C2. The Morgan fingerprint density at radius 1 is 1.27 bits per heavy atom. The maximum absolute atomic E-state index is 13.3. The Morgan fingerprint density at radius 3 is 2.50 bits per heavy atom. The molecule has 1 N–H and O–H groups in total. The maximum Gasteiger partial charge on any atom is 0.430 e. The fourth-order valence-corrected chi connectivity index (χ4v) is 3.31. The van der Waals surface area contributed by atoms with Crippen LogP contribution in [-0.4, -0.2) is 23.4 Å². The zero-order valence-corrected chi connectivity index (χ0v) is 14.4. The first-order valence-electron chi connectivity index (χ1n) is 7.74. The molecule has 1 unspecified atom stereocenters. The highest BCUT2D eigenvalue weighted by atomic mass is 35.5. The molecule has 0 bridgehead atoms. The van der Waals surface area contributed by atoms with Crippen LogP contribution in [0, 0.1) is 18.5 Å². The van der Waals surface area contributed by atoms with Crippen LogP contribution < -0.4 is 4.74 Å². The monoisotopic (exact) mass is 383 g/mol. The van der Waals surface area contributed by atoms with Gasteiger partial charge >= 0.3 is 12.1 Å². The van der Waals surface area contributed by atoms with Gasteiger partial charge in [-0.25, -0.2) is 4.79 Å². The van der Waals surface area contributed by atoms with Crippen LogP contribution in [-0.2, 0) is 11.2 Å². The number of ether oxygens (including phenoxy) is 1. The van der Waals surface area contributed by atoms with Crippen molar-refractivity contribution in [2.24, 2.45) is 0 Å². The minimum absolute atomic E-state index is 0.0249. The molecule has 1 aliphatic rings. The molecule has 0 radical (unpaired) electrons. The molecule has 3 rings (SSSR count). The molecule has 0 aliphatic carbocycles. The Balaban J connectivity index is 2.10. The summed E-state index contributed by atoms with van der Waals surface area (Å²) >= 11 is 5.38. The zero-order valence-electron chi connectivity index (χ0n) is 13.6. The van der Waals surface area contributed by atoms with Gasteiger partial charge in [0.1, 0.15) is 5.75 Å². The van der Waals surface area contributed by atoms with Gasteiger partial charge in [-0.1, -0.05) is 30.3 Å². The molecule has 3 nitrogen and oxygen atoms in total. The summed E-state index contributed by atoms with van der Waals surface area (Å²) in [6.45, 7) is 1.64. The van der Waals surface area contributed by atoms with Gasteiger partial charge in [-0.3, -0.25) is 0 Å². The topological polar surface area (TPSA) is 46.5 Å². The average Bonchev–Trinajstić information content (AvgIpc) is 2.57. The number of carboxylic acids is 1. The van der Waals surface area contributed by atoms with Gasteiger partial charge in [-0.05, 0) is 18.6 Å². The lowest BCUT2D eigenvalue weighted by molar-refractivity contribution is -0.290. The van der Waals surface area contributed by atoms with Crippen LogP contribution in [0.3, 0.4) is 0 Å². The number of hydrogen-bond acceptors (Lipinski definition) is 2. The summed E-state index contributed by atoms with van der Waals surface area (Å²) in [6.07, 6.45) is -5.89. The average molecular weight is 384 g/mol. The number of carbonyl (C=O) groups is 1. The Bertz CT molecular complexity index is 889. The standard InChI is InChI=1S/C19H14ClF3O3/c1-10-13(7-11-5-3-2-4-6-11)15(20)9-12-8-14(18(24)25)17(19(21,22)23)26-16(10)12/h2-6,8-9,17,20H,7H2,1H3/p+1. The fourth-order valence-electron chi connectivity index (χ4n) is 2.96. The Hall–Kier alpha value is -2.47. The van der Waals surface area contributed by atoms with E-state index in [2.05, 4.69) is 0 Å². The Morgan fingerprint density at radius 2 is 1.92 bits per heavy atom. The van der Waals surface area contributed by atoms with Crippen LogP contribution in [0.15, 0.2) is 42.0 Å². The second kappa shape index (κ2) is 6.68. The maximum atomic E-state index is 13.3. The number of fused-ring (bicyclic) bond motifs is 1. The molecule has 26 heavy (non-hydrogen) atoms. The molecule has 0 saturated heterocycles. The quantitative estimate of drug-likeness (QED) is 0.869. The summed E-state index contributed by atoms with van der Waals surface area (Å²) in [5, 5.41) is 9.57. The summed E-state index contributed by atoms with van der Waals surface area (Å²) < 4.78 is 44.9. The first kappa shape index (κ1) is 18.3. The predicted molar refractivity (Wildman–Crippen MR) is 87.1 cm³/mol. The third kappa shape index (κ3) is 3.42. The van der Waals surface area contributed by atoms with Gasteiger partial charge < -0.3 is 9.84 Å². The number of halogens is 4. The lowest BCUT2D eigenvalue weighted by Crippen LogP contribution is -2.40. The molecule has 1 aliphatic heterocycles. The van der Waals surface area contributed by atoms with Crippen LogP contribution in [0.2, 0.25) is 5.02 Å². The molecule has 1 atom stereocenters. The number of carboxylic acid groups (broad SMARTS) is 1. The van der Waals surface area contributed by atoms with Crippen molar-refractivity contribution >= 4 is 12.0 Å². The van der Waals surface area contributed by atoms with Crippen molar-refractivity contribution in [3.05, 3.63) is 69.2 Å². The van der Waals surface area contributed by atoms with Crippen molar-refractivity contribution in [1.82, 2.24) is 0 Å². The van der Waals surface area contributed by atoms with Crippen LogP contribution >= 0.6 is 0 Å². The summed E-state index contributed by atoms with van der Waals surface area (Å²) in [7, 11) is 0. The van der Waals surface area contributed by atoms with Crippen LogP contribution in [0.1, 0.15) is 22.3 Å². The van der Waals surface area contributed by atoms with E-state index in [0.29, 0.717) is 22.6 Å². The second-order valence-corrected chi connectivity index (χ2v) is 6.44. The molecular weight excluding hydrogens is 369 g/mol. The number of aliphatic carboxylic acids is 1. The minimum Gasteiger partial charge on any atom is -0.478 e. The molecule has 0 fully saturated rings. The molecule has 0 spiro atoms. The third-order valence-electron chi connectivity index (χ3n) is 4.24. The number of alkyl halides is 3. The third-order valence-corrected chi connectivity index (χ3v) is 4.60. The molecule has 136 valence electrons. The largest absolute Gasteiger partial charge is 0.478 e. The van der Waals surface area contributed by atoms with Crippen molar-refractivity contribution in [3.8, 4) is 5.75 Å². The van der Waals surface area contributed by atoms with E-state index < -0.39 is 23.8 Å². The molecule has 0 saturated carbocycles. The van der Waals surface area contributed by atoms with Crippen LogP contribution in [0.25, 0.3) is 6.08 Å². The summed E-state index contributed by atoms with van der Waals surface area (Å²) in [4.78, 5) is 11.2. The summed E-state index contributed by atoms with van der Waals surface area (Å²) in [5.74, 6) is -1.65. The first-order valence-corrected chi connectivity index (χ1v) is 8.15. The number of hydrogen-bond donors (Lipinski definition) is 1. The van der Waals surface area contributed by atoms with Crippen LogP contribution in [0.5, 0.6) is 5.75 Å². The summed E-state index contributed by atoms with van der Waals surface area (Å²) in [5.41, 5.74) is 1.55. The van der Waals surface area contributed by atoms with E-state index in [1.54, 1.807) is 6.92 Å². The molecular formula is C19H15ClF3O3+. The Kier molecular flexibility index (Phi) is 4.71. The van der Waals surface area contributed by atoms with Crippen molar-refractivity contribution in [3.63, 3.8) is 0 Å². The zero-order chi connectivity index (χ0) is 19.1. The lowest BCUT2D eigenvalue weighted by atomic mass is 9.93. The first-order chi connectivity index (χ1) is 12.2. The smallest absolute Gasteiger partial charge is 0.430 e. The molecule has 2 aromatic rings. The van der Waals surface area contributed by atoms with Gasteiger partial charge in [0.25, 0.3) is 0 Å². The second-order valence-electron chi connectivity index (χ2n) is 6.00. The van der Waals surface area contributed by atoms with E-state index in [-0.39, 0.29) is 11.3 Å². The van der Waals surface area contributed by atoms with Gasteiger partial charge in [0.05, 0.1) is 5.57 Å². The lowest BCUT2D eigenvalue weighted by Gasteiger charge is -2.28. The van der Waals surface area contributed by atoms with E-state index in [4.69, 9.17) is 21.4 Å². The normalized spacial score (nSPS) is 16.5. The van der Waals surface area contributed by atoms with E-state index in [0.717, 1.165) is 11.6 Å². The fraction of sp³-hybridized carbons (Fsp3) is 0.211. The van der Waals surface area contributed by atoms with Gasteiger partial charge in [0, 0.05) is 29.2 Å². The van der Waals surface area contributed by atoms with E-state index in [1.165, 1.54) is 6.07 Å². The highest BCUT2D eigenvalue weighted by molar-refractivity contribution is 5.95. The number of rotatable bonds is 3. The van der Waals surface area contributed by atoms with Crippen molar-refractivity contribution < 1.29 is 39.4 Å². The molecule has 7 heteroatoms. The van der Waals surface area contributed by atoms with E-state index in [1.807, 2.05) is 30.3 Å². The van der Waals surface area contributed by atoms with E-state index >= 15 is 0 Å². The highest BCUT2D eigenvalue weighted by Gasteiger charge is 2.49. The van der Waals surface area contributed by atoms with Crippen molar-refractivity contribution in [2.75, 3.05) is 0 Å². The molecule has 2 aromatic carbocycles. The van der Waals surface area contributed by atoms with Crippen molar-refractivity contribution in [1.29, 1.82) is 0 Å². The predicted octanol–water partition coefficient (Wildman–Crippen LogP) is 4.07. The van der Waals surface area contributed by atoms with Gasteiger partial charge in [-0.2, -0.15) is 13.2 Å². The van der Waals surface area contributed by atoms with Crippen LogP contribution in [0.4, 0.5) is 13.2 Å². The van der Waals surface area contributed by atoms with E-state index in [9.17, 15) is 18.0 Å². The minimum atomic E-state index is -4.83. The summed E-state index contributed by atoms with van der Waals surface area (Å²) in [6, 6.07) is 10.9. The van der Waals surface area contributed by atoms with Gasteiger partial charge in [-0.15, -0.1) is 0 Å². The van der Waals surface area contributed by atoms with Crippen molar-refractivity contribution in [2.45, 2.75) is 25.6 Å². The highest BCUT2D eigenvalue weighted by Crippen LogP contribution is 2.41. The van der Waals surface area contributed by atoms with Gasteiger partial charge in [0.2, 0.25) is 11.1 Å². The molecule has 0 aromatic heterocycles. The van der Waals surface area contributed by atoms with Gasteiger partial charge in [0.15, 0.2) is 11.6 Å². The Labute approximate surface area is 152 Å². The molecule has 0 amide bonds.